The number of nitrogens with one attached hydrogen (secondary N) is 1. The lowest BCUT2D eigenvalue weighted by Crippen LogP contribution is -2.43. The third-order valence-electron chi connectivity index (χ3n) is 5.43. The molecule has 2 N–H and O–H groups in total. The zero-order valence-corrected chi connectivity index (χ0v) is 19.2. The summed E-state index contributed by atoms with van der Waals surface area (Å²) in [6, 6.07) is 6.76. The van der Waals surface area contributed by atoms with Gasteiger partial charge < -0.3 is 14.6 Å². The summed E-state index contributed by atoms with van der Waals surface area (Å²) in [5.74, 6) is -0.274. The maximum Gasteiger partial charge on any atom is 0.241 e. The Kier molecular flexibility index (Phi) is 12.3. The highest BCUT2D eigenvalue weighted by molar-refractivity contribution is 7.89. The van der Waals surface area contributed by atoms with Gasteiger partial charge in [0.2, 0.25) is 10.0 Å². The van der Waals surface area contributed by atoms with Gasteiger partial charge in [-0.15, -0.1) is 0 Å². The molecule has 0 amide bonds. The van der Waals surface area contributed by atoms with E-state index in [9.17, 15) is 18.3 Å². The normalized spacial score (nSPS) is 18.0. The maximum atomic E-state index is 12.3. The monoisotopic (exact) mass is 455 g/mol. The van der Waals surface area contributed by atoms with Crippen LogP contribution in [-0.2, 0) is 24.3 Å². The number of aliphatic hydroxyl groups is 1. The first-order valence-corrected chi connectivity index (χ1v) is 13.0. The van der Waals surface area contributed by atoms with Gasteiger partial charge in [0, 0.05) is 19.6 Å². The van der Waals surface area contributed by atoms with Crippen LogP contribution < -0.4 is 4.72 Å². The molecule has 0 aliphatic carbocycles. The molecule has 1 saturated heterocycles. The summed E-state index contributed by atoms with van der Waals surface area (Å²) in [6.07, 6.45) is 10.6. The van der Waals surface area contributed by atoms with Crippen molar-refractivity contribution in [3.8, 4) is 0 Å². The van der Waals surface area contributed by atoms with E-state index in [0.717, 1.165) is 64.6 Å². The number of sulfonamides is 1. The van der Waals surface area contributed by atoms with Crippen molar-refractivity contribution in [3.63, 3.8) is 0 Å². The smallest absolute Gasteiger partial charge is 0.241 e. The van der Waals surface area contributed by atoms with Crippen LogP contribution >= 0.6 is 0 Å². The van der Waals surface area contributed by atoms with Crippen LogP contribution in [0.3, 0.4) is 0 Å². The number of hydrogen-bond acceptors (Lipinski definition) is 6. The van der Waals surface area contributed by atoms with Crippen LogP contribution in [0.4, 0.5) is 0 Å². The van der Waals surface area contributed by atoms with Gasteiger partial charge in [-0.2, -0.15) is 4.72 Å². The molecule has 31 heavy (non-hydrogen) atoms. The average molecular weight is 456 g/mol. The number of hydrogen-bond donors (Lipinski definition) is 2. The Bertz CT molecular complexity index is 719. The van der Waals surface area contributed by atoms with Crippen molar-refractivity contribution in [2.45, 2.75) is 87.9 Å². The molecule has 0 radical (unpaired) electrons. The number of unbranched alkanes of at least 4 members (excludes halogenated alkanes) is 6. The van der Waals surface area contributed by atoms with E-state index in [4.69, 9.17) is 9.47 Å². The van der Waals surface area contributed by atoms with Gasteiger partial charge in [-0.1, -0.05) is 50.3 Å². The average Bonchev–Trinajstić information content (AvgIpc) is 2.79. The van der Waals surface area contributed by atoms with E-state index in [1.54, 1.807) is 18.2 Å². The molecule has 8 heteroatoms. The summed E-state index contributed by atoms with van der Waals surface area (Å²) in [6.45, 7) is 1.02. The van der Waals surface area contributed by atoms with Crippen molar-refractivity contribution in [1.29, 1.82) is 0 Å². The van der Waals surface area contributed by atoms with Crippen LogP contribution in [0, 0.1) is 0 Å². The lowest BCUT2D eigenvalue weighted by Gasteiger charge is -2.22. The first kappa shape index (κ1) is 25.9. The molecule has 0 bridgehead atoms. The molecule has 1 aromatic rings. The predicted octanol–water partition coefficient (Wildman–Crippen LogP) is 3.56. The van der Waals surface area contributed by atoms with E-state index >= 15 is 0 Å². The SMILES string of the molecule is O=C(CCCCCCCCCOC1CCCCO1)C(CO)NS(=O)(=O)c1ccccc1. The molecule has 2 rings (SSSR count). The molecule has 1 aliphatic heterocycles. The standard InChI is InChI=1S/C23H37NO6S/c25-19-21(24-31(27,28)20-13-7-6-8-14-20)22(26)15-9-4-2-1-3-5-11-17-29-23-16-10-12-18-30-23/h6-8,13-14,21,23-25H,1-5,9-12,15-19H2. The molecule has 0 aromatic heterocycles. The third kappa shape index (κ3) is 10.2. The fourth-order valence-electron chi connectivity index (χ4n) is 3.58. The van der Waals surface area contributed by atoms with Crippen LogP contribution in [0.25, 0.3) is 0 Å². The van der Waals surface area contributed by atoms with Gasteiger partial charge in [-0.05, 0) is 44.2 Å². The van der Waals surface area contributed by atoms with E-state index in [-0.39, 0.29) is 23.4 Å². The third-order valence-corrected chi connectivity index (χ3v) is 6.92. The summed E-state index contributed by atoms with van der Waals surface area (Å²) >= 11 is 0. The molecule has 1 aliphatic rings. The van der Waals surface area contributed by atoms with Crippen molar-refractivity contribution in [2.75, 3.05) is 19.8 Å². The van der Waals surface area contributed by atoms with Gasteiger partial charge in [0.1, 0.15) is 6.04 Å². The number of Topliss-reactive ketones (excluding diaryl/α,β-unsaturated/α-hetero) is 1. The van der Waals surface area contributed by atoms with Gasteiger partial charge in [0.05, 0.1) is 11.5 Å². The molecule has 1 heterocycles. The maximum absolute atomic E-state index is 12.3. The fourth-order valence-corrected chi connectivity index (χ4v) is 4.81. The van der Waals surface area contributed by atoms with Crippen LogP contribution in [0.15, 0.2) is 35.2 Å². The Balaban J connectivity index is 1.51. The minimum absolute atomic E-state index is 0.00814. The van der Waals surface area contributed by atoms with Gasteiger partial charge in [-0.25, -0.2) is 8.42 Å². The molecule has 2 unspecified atom stereocenters. The molecule has 7 nitrogen and oxygen atoms in total. The minimum atomic E-state index is -3.82. The van der Waals surface area contributed by atoms with E-state index in [2.05, 4.69) is 4.72 Å². The molecular formula is C23H37NO6S. The molecule has 1 aromatic carbocycles. The largest absolute Gasteiger partial charge is 0.394 e. The van der Waals surface area contributed by atoms with Gasteiger partial charge in [0.25, 0.3) is 0 Å². The van der Waals surface area contributed by atoms with Crippen LogP contribution in [0.1, 0.15) is 70.6 Å². The zero-order chi connectivity index (χ0) is 22.4. The molecule has 0 saturated carbocycles. The van der Waals surface area contributed by atoms with Gasteiger partial charge in [-0.3, -0.25) is 4.79 Å². The van der Waals surface area contributed by atoms with Gasteiger partial charge >= 0.3 is 0 Å². The number of aliphatic hydroxyl groups excluding tert-OH is 1. The summed E-state index contributed by atoms with van der Waals surface area (Å²) in [4.78, 5) is 12.4. The first-order chi connectivity index (χ1) is 15.0. The van der Waals surface area contributed by atoms with E-state index in [1.807, 2.05) is 0 Å². The number of benzene rings is 1. The summed E-state index contributed by atoms with van der Waals surface area (Å²) in [7, 11) is -3.82. The number of rotatable bonds is 16. The summed E-state index contributed by atoms with van der Waals surface area (Å²) in [5, 5.41) is 9.47. The highest BCUT2D eigenvalue weighted by Gasteiger charge is 2.24. The summed E-state index contributed by atoms with van der Waals surface area (Å²) < 4.78 is 38.2. The van der Waals surface area contributed by atoms with Crippen LogP contribution in [0.2, 0.25) is 0 Å². The van der Waals surface area contributed by atoms with E-state index < -0.39 is 22.7 Å². The highest BCUT2D eigenvalue weighted by Crippen LogP contribution is 2.15. The Labute approximate surface area is 186 Å². The second-order valence-electron chi connectivity index (χ2n) is 8.03. The number of ketones is 1. The van der Waals surface area contributed by atoms with Crippen molar-refractivity contribution < 1.29 is 27.8 Å². The molecule has 1 fully saturated rings. The topological polar surface area (TPSA) is 102 Å². The van der Waals surface area contributed by atoms with E-state index in [0.29, 0.717) is 6.42 Å². The predicted molar refractivity (Wildman–Crippen MR) is 119 cm³/mol. The van der Waals surface area contributed by atoms with Crippen molar-refractivity contribution in [3.05, 3.63) is 30.3 Å². The lowest BCUT2D eigenvalue weighted by molar-refractivity contribution is -0.162. The Morgan fingerprint density at radius 2 is 1.74 bits per heavy atom. The summed E-state index contributed by atoms with van der Waals surface area (Å²) in [5.41, 5.74) is 0. The highest BCUT2D eigenvalue weighted by atomic mass is 32.2. The van der Waals surface area contributed by atoms with Gasteiger partial charge in [0.15, 0.2) is 12.1 Å². The molecule has 176 valence electrons. The van der Waals surface area contributed by atoms with E-state index in [1.165, 1.54) is 18.6 Å². The lowest BCUT2D eigenvalue weighted by atomic mass is 10.0. The molecular weight excluding hydrogens is 418 g/mol. The Morgan fingerprint density at radius 1 is 1.06 bits per heavy atom. The van der Waals surface area contributed by atoms with Crippen LogP contribution in [0.5, 0.6) is 0 Å². The number of carbonyl (C=O) groups excluding carboxylic acids is 1. The second kappa shape index (κ2) is 14.7. The number of carbonyl (C=O) groups is 1. The second-order valence-corrected chi connectivity index (χ2v) is 9.74. The quantitative estimate of drug-likeness (QED) is 0.370. The minimum Gasteiger partial charge on any atom is -0.394 e. The van der Waals surface area contributed by atoms with Crippen molar-refractivity contribution in [1.82, 2.24) is 4.72 Å². The van der Waals surface area contributed by atoms with Crippen molar-refractivity contribution in [2.24, 2.45) is 0 Å². The Morgan fingerprint density at radius 3 is 2.39 bits per heavy atom. The number of ether oxygens (including phenoxy) is 2. The first-order valence-electron chi connectivity index (χ1n) is 11.5. The van der Waals surface area contributed by atoms with Crippen molar-refractivity contribution >= 4 is 15.8 Å². The molecule has 0 spiro atoms. The Hall–Kier alpha value is -1.32. The zero-order valence-electron chi connectivity index (χ0n) is 18.3. The van der Waals surface area contributed by atoms with Crippen LogP contribution in [-0.4, -0.2) is 51.5 Å². The fraction of sp³-hybridized carbons (Fsp3) is 0.696. The molecule has 2 atom stereocenters.